The molecular formula is C12H17ClN4O. The van der Waals surface area contributed by atoms with Crippen molar-refractivity contribution in [3.8, 4) is 0 Å². The molecule has 18 heavy (non-hydrogen) atoms. The first kappa shape index (κ1) is 13.1. The Hall–Kier alpha value is -1.36. The Morgan fingerprint density at radius 2 is 2.28 bits per heavy atom. The van der Waals surface area contributed by atoms with Gasteiger partial charge in [-0.05, 0) is 6.42 Å². The highest BCUT2D eigenvalue weighted by Crippen LogP contribution is 2.17. The zero-order valence-corrected chi connectivity index (χ0v) is 11.2. The van der Waals surface area contributed by atoms with Gasteiger partial charge in [-0.1, -0.05) is 18.5 Å². The molecule has 0 atom stereocenters. The van der Waals surface area contributed by atoms with Gasteiger partial charge >= 0.3 is 0 Å². The number of nitrogens with zero attached hydrogens (tertiary/aromatic N) is 3. The lowest BCUT2D eigenvalue weighted by atomic mass is 10.3. The minimum Gasteiger partial charge on any atom is -0.354 e. The van der Waals surface area contributed by atoms with Crippen molar-refractivity contribution in [1.29, 1.82) is 0 Å². The molecule has 1 saturated heterocycles. The smallest absolute Gasteiger partial charge is 0.221 e. The molecule has 0 aromatic carbocycles. The lowest BCUT2D eigenvalue weighted by Crippen LogP contribution is -2.29. The zero-order valence-electron chi connectivity index (χ0n) is 10.4. The monoisotopic (exact) mass is 268 g/mol. The quantitative estimate of drug-likeness (QED) is 0.842. The van der Waals surface area contributed by atoms with Crippen LogP contribution in [0.2, 0.25) is 5.15 Å². The molecule has 98 valence electrons. The minimum absolute atomic E-state index is 0.0893. The molecule has 0 aliphatic carbocycles. The van der Waals surface area contributed by atoms with Crippen LogP contribution in [0.3, 0.4) is 0 Å². The standard InChI is InChI=1S/C12H17ClN4O/c1-2-3-10-15-9(13)8-11(16-10)17-6-4-12(18)14-5-7-17/h8H,2-7H2,1H3,(H,14,18). The normalized spacial score (nSPS) is 16.3. The van der Waals surface area contributed by atoms with E-state index in [1.807, 2.05) is 0 Å². The maximum atomic E-state index is 11.3. The van der Waals surface area contributed by atoms with Crippen LogP contribution in [0.4, 0.5) is 5.82 Å². The molecule has 0 unspecified atom stereocenters. The van der Waals surface area contributed by atoms with Crippen molar-refractivity contribution in [1.82, 2.24) is 15.3 Å². The van der Waals surface area contributed by atoms with Crippen molar-refractivity contribution in [3.05, 3.63) is 17.0 Å². The van der Waals surface area contributed by atoms with E-state index in [0.29, 0.717) is 24.7 Å². The lowest BCUT2D eigenvalue weighted by molar-refractivity contribution is -0.120. The second-order valence-electron chi connectivity index (χ2n) is 4.30. The van der Waals surface area contributed by atoms with Crippen LogP contribution >= 0.6 is 11.6 Å². The number of anilines is 1. The SMILES string of the molecule is CCCc1nc(Cl)cc(N2CCNC(=O)CC2)n1. The summed E-state index contributed by atoms with van der Waals surface area (Å²) in [5.74, 6) is 1.67. The number of hydrogen-bond acceptors (Lipinski definition) is 4. The van der Waals surface area contributed by atoms with Crippen molar-refractivity contribution >= 4 is 23.3 Å². The Bertz CT molecular complexity index is 438. The first-order valence-electron chi connectivity index (χ1n) is 6.24. The Balaban J connectivity index is 2.18. The Morgan fingerprint density at radius 3 is 3.06 bits per heavy atom. The minimum atomic E-state index is 0.0893. The summed E-state index contributed by atoms with van der Waals surface area (Å²) in [6, 6.07) is 1.76. The fraction of sp³-hybridized carbons (Fsp3) is 0.583. The molecule has 2 rings (SSSR count). The molecule has 1 aromatic heterocycles. The van der Waals surface area contributed by atoms with Gasteiger partial charge < -0.3 is 10.2 Å². The molecule has 2 heterocycles. The summed E-state index contributed by atoms with van der Waals surface area (Å²) in [6.45, 7) is 4.15. The van der Waals surface area contributed by atoms with Crippen LogP contribution in [-0.4, -0.2) is 35.5 Å². The molecular weight excluding hydrogens is 252 g/mol. The van der Waals surface area contributed by atoms with Crippen molar-refractivity contribution in [2.75, 3.05) is 24.5 Å². The van der Waals surface area contributed by atoms with E-state index in [-0.39, 0.29) is 5.91 Å². The summed E-state index contributed by atoms with van der Waals surface area (Å²) in [5.41, 5.74) is 0. The number of amides is 1. The van der Waals surface area contributed by atoms with Gasteiger partial charge in [-0.2, -0.15) is 0 Å². The van der Waals surface area contributed by atoms with Crippen molar-refractivity contribution in [3.63, 3.8) is 0 Å². The molecule has 1 amide bonds. The van der Waals surface area contributed by atoms with Gasteiger partial charge in [0.2, 0.25) is 5.91 Å². The average Bonchev–Trinajstić information content (AvgIpc) is 2.54. The molecule has 5 nitrogen and oxygen atoms in total. The van der Waals surface area contributed by atoms with Crippen molar-refractivity contribution in [2.45, 2.75) is 26.2 Å². The fourth-order valence-corrected chi connectivity index (χ4v) is 2.14. The second kappa shape index (κ2) is 6.00. The predicted octanol–water partition coefficient (Wildman–Crippen LogP) is 1.41. The van der Waals surface area contributed by atoms with E-state index in [1.54, 1.807) is 6.07 Å². The van der Waals surface area contributed by atoms with E-state index >= 15 is 0 Å². The molecule has 1 N–H and O–H groups in total. The fourth-order valence-electron chi connectivity index (χ4n) is 1.95. The lowest BCUT2D eigenvalue weighted by Gasteiger charge is -2.21. The first-order valence-corrected chi connectivity index (χ1v) is 6.62. The van der Waals surface area contributed by atoms with Gasteiger partial charge in [-0.25, -0.2) is 9.97 Å². The number of hydrogen-bond donors (Lipinski definition) is 1. The summed E-state index contributed by atoms with van der Waals surface area (Å²) < 4.78 is 0. The topological polar surface area (TPSA) is 58.1 Å². The van der Waals surface area contributed by atoms with E-state index in [1.165, 1.54) is 0 Å². The molecule has 1 aromatic rings. The Labute approximate surface area is 112 Å². The summed E-state index contributed by atoms with van der Waals surface area (Å²) in [5, 5.41) is 3.31. The van der Waals surface area contributed by atoms with Gasteiger partial charge in [0.15, 0.2) is 0 Å². The van der Waals surface area contributed by atoms with Crippen LogP contribution in [0, 0.1) is 0 Å². The van der Waals surface area contributed by atoms with Gasteiger partial charge in [0.25, 0.3) is 0 Å². The molecule has 1 aliphatic rings. The first-order chi connectivity index (χ1) is 8.69. The average molecular weight is 269 g/mol. The van der Waals surface area contributed by atoms with Crippen LogP contribution in [-0.2, 0) is 11.2 Å². The number of rotatable bonds is 3. The molecule has 0 radical (unpaired) electrons. The van der Waals surface area contributed by atoms with Gasteiger partial charge in [-0.15, -0.1) is 0 Å². The zero-order chi connectivity index (χ0) is 13.0. The molecule has 6 heteroatoms. The highest BCUT2D eigenvalue weighted by atomic mass is 35.5. The van der Waals surface area contributed by atoms with Gasteiger partial charge in [0.05, 0.1) is 0 Å². The van der Waals surface area contributed by atoms with Gasteiger partial charge in [-0.3, -0.25) is 4.79 Å². The molecule has 0 saturated carbocycles. The molecule has 0 bridgehead atoms. The van der Waals surface area contributed by atoms with Crippen LogP contribution in [0.5, 0.6) is 0 Å². The highest BCUT2D eigenvalue weighted by molar-refractivity contribution is 6.29. The van der Waals surface area contributed by atoms with Crippen LogP contribution in [0.15, 0.2) is 6.07 Å². The molecule has 1 aliphatic heterocycles. The number of nitrogens with one attached hydrogen (secondary N) is 1. The summed E-state index contributed by atoms with van der Waals surface area (Å²) >= 11 is 6.01. The maximum Gasteiger partial charge on any atom is 0.221 e. The predicted molar refractivity (Wildman–Crippen MR) is 70.9 cm³/mol. The number of carbonyl (C=O) groups is 1. The third-order valence-corrected chi connectivity index (χ3v) is 3.03. The second-order valence-corrected chi connectivity index (χ2v) is 4.69. The van der Waals surface area contributed by atoms with E-state index in [9.17, 15) is 4.79 Å². The molecule has 0 spiro atoms. The van der Waals surface area contributed by atoms with Crippen molar-refractivity contribution in [2.24, 2.45) is 0 Å². The molecule has 1 fully saturated rings. The summed E-state index contributed by atoms with van der Waals surface area (Å²) in [6.07, 6.45) is 2.29. The summed E-state index contributed by atoms with van der Waals surface area (Å²) in [7, 11) is 0. The van der Waals surface area contributed by atoms with Crippen LogP contribution in [0.1, 0.15) is 25.6 Å². The van der Waals surface area contributed by atoms with Gasteiger partial charge in [0, 0.05) is 38.5 Å². The van der Waals surface area contributed by atoms with E-state index in [0.717, 1.165) is 31.0 Å². The Kier molecular flexibility index (Phi) is 4.36. The van der Waals surface area contributed by atoms with Crippen LogP contribution in [0.25, 0.3) is 0 Å². The number of halogens is 1. The van der Waals surface area contributed by atoms with E-state index in [4.69, 9.17) is 11.6 Å². The Morgan fingerprint density at radius 1 is 1.44 bits per heavy atom. The van der Waals surface area contributed by atoms with E-state index < -0.39 is 0 Å². The van der Waals surface area contributed by atoms with Crippen molar-refractivity contribution < 1.29 is 4.79 Å². The highest BCUT2D eigenvalue weighted by Gasteiger charge is 2.16. The van der Waals surface area contributed by atoms with E-state index in [2.05, 4.69) is 27.1 Å². The number of carbonyl (C=O) groups excluding carboxylic acids is 1. The van der Waals surface area contributed by atoms with Gasteiger partial charge in [0.1, 0.15) is 16.8 Å². The van der Waals surface area contributed by atoms with Crippen LogP contribution < -0.4 is 10.2 Å². The third kappa shape index (κ3) is 3.32. The summed E-state index contributed by atoms with van der Waals surface area (Å²) in [4.78, 5) is 22.1. The number of aromatic nitrogens is 2. The number of aryl methyl sites for hydroxylation is 1. The largest absolute Gasteiger partial charge is 0.354 e. The maximum absolute atomic E-state index is 11.3. The third-order valence-electron chi connectivity index (χ3n) is 2.84.